The van der Waals surface area contributed by atoms with Crippen LogP contribution in [0.25, 0.3) is 0 Å². The van der Waals surface area contributed by atoms with Gasteiger partial charge in [-0.05, 0) is 25.7 Å². The summed E-state index contributed by atoms with van der Waals surface area (Å²) >= 11 is 0. The molecule has 0 aromatic carbocycles. The molecule has 0 aliphatic heterocycles. The van der Waals surface area contributed by atoms with Crippen molar-refractivity contribution >= 4 is 11.9 Å². The van der Waals surface area contributed by atoms with Gasteiger partial charge in [-0.1, -0.05) is 19.8 Å². The molecule has 2 atom stereocenters. The number of hydrogen-bond acceptors (Lipinski definition) is 3. The van der Waals surface area contributed by atoms with Crippen molar-refractivity contribution in [2.24, 2.45) is 5.92 Å². The summed E-state index contributed by atoms with van der Waals surface area (Å²) in [6.45, 7) is 4.36. The SMILES string of the molecule is CCCC(CCNC(=O)C(C)OC)CCC(=O)O. The van der Waals surface area contributed by atoms with Gasteiger partial charge in [0.25, 0.3) is 0 Å². The summed E-state index contributed by atoms with van der Waals surface area (Å²) in [6.07, 6.45) is 3.30. The zero-order valence-electron chi connectivity index (χ0n) is 11.6. The third-order valence-electron chi connectivity index (χ3n) is 3.04. The van der Waals surface area contributed by atoms with Crippen molar-refractivity contribution in [1.29, 1.82) is 0 Å². The molecule has 2 N–H and O–H groups in total. The molecule has 0 aliphatic rings. The van der Waals surface area contributed by atoms with E-state index in [4.69, 9.17) is 9.84 Å². The van der Waals surface area contributed by atoms with Crippen LogP contribution in [0.2, 0.25) is 0 Å². The summed E-state index contributed by atoms with van der Waals surface area (Å²) in [5.41, 5.74) is 0. The quantitative estimate of drug-likeness (QED) is 0.627. The number of hydrogen-bond donors (Lipinski definition) is 2. The number of carboxylic acid groups (broad SMARTS) is 1. The molecule has 1 amide bonds. The zero-order chi connectivity index (χ0) is 14.0. The van der Waals surface area contributed by atoms with Gasteiger partial charge in [-0.25, -0.2) is 0 Å². The van der Waals surface area contributed by atoms with Crippen LogP contribution in [0.5, 0.6) is 0 Å². The van der Waals surface area contributed by atoms with Gasteiger partial charge in [-0.3, -0.25) is 9.59 Å². The predicted molar refractivity (Wildman–Crippen MR) is 69.4 cm³/mol. The molecule has 5 nitrogen and oxygen atoms in total. The minimum absolute atomic E-state index is 0.119. The second kappa shape index (κ2) is 9.88. The summed E-state index contributed by atoms with van der Waals surface area (Å²) in [5.74, 6) is -0.511. The number of aliphatic carboxylic acids is 1. The Balaban J connectivity index is 3.88. The van der Waals surface area contributed by atoms with E-state index < -0.39 is 12.1 Å². The maximum Gasteiger partial charge on any atom is 0.303 e. The lowest BCUT2D eigenvalue weighted by molar-refractivity contribution is -0.137. The summed E-state index contributed by atoms with van der Waals surface area (Å²) < 4.78 is 4.91. The highest BCUT2D eigenvalue weighted by atomic mass is 16.5. The molecule has 2 unspecified atom stereocenters. The van der Waals surface area contributed by atoms with Crippen LogP contribution in [0.3, 0.4) is 0 Å². The molecule has 0 fully saturated rings. The van der Waals surface area contributed by atoms with Crippen LogP contribution in [-0.2, 0) is 14.3 Å². The van der Waals surface area contributed by atoms with Gasteiger partial charge >= 0.3 is 5.97 Å². The average molecular weight is 259 g/mol. The van der Waals surface area contributed by atoms with E-state index in [0.717, 1.165) is 19.3 Å². The van der Waals surface area contributed by atoms with Crippen molar-refractivity contribution in [1.82, 2.24) is 5.32 Å². The van der Waals surface area contributed by atoms with Crippen LogP contribution in [0.4, 0.5) is 0 Å². The molecule has 0 aromatic heterocycles. The second-order valence-electron chi connectivity index (χ2n) is 4.54. The molecule has 0 rings (SSSR count). The number of carbonyl (C=O) groups is 2. The highest BCUT2D eigenvalue weighted by molar-refractivity contribution is 5.80. The topological polar surface area (TPSA) is 75.6 Å². The number of amides is 1. The van der Waals surface area contributed by atoms with Gasteiger partial charge in [0.15, 0.2) is 0 Å². The van der Waals surface area contributed by atoms with Gasteiger partial charge in [-0.2, -0.15) is 0 Å². The molecule has 5 heteroatoms. The van der Waals surface area contributed by atoms with Gasteiger partial charge < -0.3 is 15.2 Å². The highest BCUT2D eigenvalue weighted by Gasteiger charge is 2.13. The summed E-state index contributed by atoms with van der Waals surface area (Å²) in [4.78, 5) is 22.0. The minimum Gasteiger partial charge on any atom is -0.481 e. The fraction of sp³-hybridized carbons (Fsp3) is 0.846. The number of carboxylic acids is 1. The third-order valence-corrected chi connectivity index (χ3v) is 3.04. The summed E-state index contributed by atoms with van der Waals surface area (Å²) in [5, 5.41) is 11.5. The molecular formula is C13H25NO4. The fourth-order valence-electron chi connectivity index (χ4n) is 1.82. The third kappa shape index (κ3) is 8.06. The number of nitrogens with one attached hydrogen (secondary N) is 1. The Labute approximate surface area is 109 Å². The van der Waals surface area contributed by atoms with Crippen molar-refractivity contribution in [3.8, 4) is 0 Å². The van der Waals surface area contributed by atoms with Crippen LogP contribution in [0.15, 0.2) is 0 Å². The minimum atomic E-state index is -0.756. The Hall–Kier alpha value is -1.10. The Bertz CT molecular complexity index is 255. The van der Waals surface area contributed by atoms with Crippen molar-refractivity contribution in [3.63, 3.8) is 0 Å². The maximum absolute atomic E-state index is 11.4. The first kappa shape index (κ1) is 16.9. The van der Waals surface area contributed by atoms with Crippen LogP contribution < -0.4 is 5.32 Å². The molecular weight excluding hydrogens is 234 g/mol. The van der Waals surface area contributed by atoms with Gasteiger partial charge in [0.05, 0.1) is 0 Å². The van der Waals surface area contributed by atoms with Crippen LogP contribution >= 0.6 is 0 Å². The zero-order valence-corrected chi connectivity index (χ0v) is 11.6. The second-order valence-corrected chi connectivity index (χ2v) is 4.54. The van der Waals surface area contributed by atoms with E-state index in [1.807, 2.05) is 0 Å². The summed E-state index contributed by atoms with van der Waals surface area (Å²) in [6, 6.07) is 0. The monoisotopic (exact) mass is 259 g/mol. The first-order valence-electron chi connectivity index (χ1n) is 6.53. The van der Waals surface area contributed by atoms with E-state index in [-0.39, 0.29) is 12.3 Å². The van der Waals surface area contributed by atoms with E-state index in [1.54, 1.807) is 6.92 Å². The summed E-state index contributed by atoms with van der Waals surface area (Å²) in [7, 11) is 1.50. The van der Waals surface area contributed by atoms with E-state index in [9.17, 15) is 9.59 Å². The number of carbonyl (C=O) groups excluding carboxylic acids is 1. The molecule has 18 heavy (non-hydrogen) atoms. The smallest absolute Gasteiger partial charge is 0.303 e. The Morgan fingerprint density at radius 2 is 1.94 bits per heavy atom. The molecule has 0 aliphatic carbocycles. The van der Waals surface area contributed by atoms with E-state index >= 15 is 0 Å². The van der Waals surface area contributed by atoms with Crippen molar-refractivity contribution in [2.75, 3.05) is 13.7 Å². The van der Waals surface area contributed by atoms with Gasteiger partial charge in [0, 0.05) is 20.1 Å². The lowest BCUT2D eigenvalue weighted by Crippen LogP contribution is -2.35. The molecule has 106 valence electrons. The van der Waals surface area contributed by atoms with Crippen LogP contribution in [0, 0.1) is 5.92 Å². The van der Waals surface area contributed by atoms with E-state index in [0.29, 0.717) is 18.9 Å². The Morgan fingerprint density at radius 1 is 1.28 bits per heavy atom. The first-order valence-corrected chi connectivity index (χ1v) is 6.53. The van der Waals surface area contributed by atoms with Crippen molar-refractivity contribution in [2.45, 2.75) is 52.1 Å². The fourth-order valence-corrected chi connectivity index (χ4v) is 1.82. The molecule has 0 saturated carbocycles. The van der Waals surface area contributed by atoms with E-state index in [2.05, 4.69) is 12.2 Å². The molecule has 0 spiro atoms. The maximum atomic E-state index is 11.4. The highest BCUT2D eigenvalue weighted by Crippen LogP contribution is 2.17. The first-order chi connectivity index (χ1) is 8.51. The van der Waals surface area contributed by atoms with Gasteiger partial charge in [0.1, 0.15) is 6.10 Å². The lowest BCUT2D eigenvalue weighted by Gasteiger charge is -2.16. The molecule has 0 heterocycles. The molecule has 0 aromatic rings. The van der Waals surface area contributed by atoms with Crippen LogP contribution in [-0.4, -0.2) is 36.7 Å². The predicted octanol–water partition coefficient (Wildman–Crippen LogP) is 1.81. The number of methoxy groups -OCH3 is 1. The largest absolute Gasteiger partial charge is 0.481 e. The number of rotatable bonds is 10. The van der Waals surface area contributed by atoms with E-state index in [1.165, 1.54) is 7.11 Å². The van der Waals surface area contributed by atoms with Gasteiger partial charge in [-0.15, -0.1) is 0 Å². The van der Waals surface area contributed by atoms with Crippen molar-refractivity contribution in [3.05, 3.63) is 0 Å². The molecule has 0 bridgehead atoms. The lowest BCUT2D eigenvalue weighted by atomic mass is 9.94. The van der Waals surface area contributed by atoms with Gasteiger partial charge in [0.2, 0.25) is 5.91 Å². The Kier molecular flexibility index (Phi) is 9.28. The molecule has 0 saturated heterocycles. The average Bonchev–Trinajstić information content (AvgIpc) is 2.34. The van der Waals surface area contributed by atoms with Crippen LogP contribution in [0.1, 0.15) is 46.0 Å². The van der Waals surface area contributed by atoms with Crippen molar-refractivity contribution < 1.29 is 19.4 Å². The number of ether oxygens (including phenoxy) is 1. The normalized spacial score (nSPS) is 13.9. The standard InChI is InChI=1S/C13H25NO4/c1-4-5-11(6-7-12(15)16)8-9-14-13(17)10(2)18-3/h10-11H,4-9H2,1-3H3,(H,14,17)(H,15,16). The molecule has 0 radical (unpaired) electrons. The Morgan fingerprint density at radius 3 is 2.44 bits per heavy atom.